The lowest BCUT2D eigenvalue weighted by Gasteiger charge is -2.29. The van der Waals surface area contributed by atoms with Crippen LogP contribution in [0.1, 0.15) is 60.5 Å². The summed E-state index contributed by atoms with van der Waals surface area (Å²) in [4.78, 5) is 15.9. The number of aromatic nitrogens is 2. The summed E-state index contributed by atoms with van der Waals surface area (Å²) in [5.41, 5.74) is 4.31. The molecule has 0 spiro atoms. The summed E-state index contributed by atoms with van der Waals surface area (Å²) < 4.78 is 6.22. The second-order valence-corrected chi connectivity index (χ2v) is 11.4. The Morgan fingerprint density at radius 2 is 1.77 bits per heavy atom. The van der Waals surface area contributed by atoms with Crippen LogP contribution in [0.5, 0.6) is 5.75 Å². The molecule has 2 N–H and O–H groups in total. The van der Waals surface area contributed by atoms with Crippen LogP contribution < -0.4 is 10.1 Å². The van der Waals surface area contributed by atoms with Gasteiger partial charge in [-0.2, -0.15) is 5.10 Å². The summed E-state index contributed by atoms with van der Waals surface area (Å²) >= 11 is 6.58. The molecule has 2 fully saturated rings. The molecular formula is C32H35ClN4O2. The highest BCUT2D eigenvalue weighted by molar-refractivity contribution is 6.31. The Labute approximate surface area is 234 Å². The highest BCUT2D eigenvalue weighted by Gasteiger charge is 2.29. The fourth-order valence-corrected chi connectivity index (χ4v) is 6.31. The van der Waals surface area contributed by atoms with E-state index in [4.69, 9.17) is 16.3 Å². The fraction of sp³-hybridized carbons (Fsp3) is 0.375. The molecule has 1 aliphatic heterocycles. The van der Waals surface area contributed by atoms with E-state index in [-0.39, 0.29) is 18.1 Å². The first-order valence-electron chi connectivity index (χ1n) is 14.0. The van der Waals surface area contributed by atoms with Gasteiger partial charge in [-0.15, -0.1) is 0 Å². The van der Waals surface area contributed by atoms with E-state index in [2.05, 4.69) is 27.5 Å². The van der Waals surface area contributed by atoms with Crippen LogP contribution in [0.15, 0.2) is 66.7 Å². The maximum absolute atomic E-state index is 13.6. The number of nitrogens with one attached hydrogen (secondary N) is 2. The van der Waals surface area contributed by atoms with E-state index in [1.165, 1.54) is 12.8 Å². The third kappa shape index (κ3) is 5.68. The minimum absolute atomic E-state index is 0.0947. The quantitative estimate of drug-likeness (QED) is 0.263. The molecule has 6 nitrogen and oxygen atoms in total. The molecular weight excluding hydrogens is 508 g/mol. The van der Waals surface area contributed by atoms with E-state index in [1.807, 2.05) is 66.7 Å². The van der Waals surface area contributed by atoms with Crippen molar-refractivity contribution in [3.8, 4) is 17.0 Å². The zero-order chi connectivity index (χ0) is 26.8. The molecule has 1 saturated carbocycles. The summed E-state index contributed by atoms with van der Waals surface area (Å²) in [5, 5.41) is 12.6. The molecule has 1 amide bonds. The van der Waals surface area contributed by atoms with Crippen molar-refractivity contribution >= 4 is 28.4 Å². The lowest BCUT2D eigenvalue weighted by Crippen LogP contribution is -2.35. The molecule has 7 heteroatoms. The van der Waals surface area contributed by atoms with Crippen molar-refractivity contribution in [3.63, 3.8) is 0 Å². The van der Waals surface area contributed by atoms with E-state index >= 15 is 0 Å². The van der Waals surface area contributed by atoms with Gasteiger partial charge in [0.1, 0.15) is 11.9 Å². The van der Waals surface area contributed by atoms with Crippen LogP contribution in [0.25, 0.3) is 22.2 Å². The molecule has 1 aliphatic carbocycles. The maximum atomic E-state index is 13.6. The van der Waals surface area contributed by atoms with Crippen LogP contribution in [0.2, 0.25) is 5.02 Å². The van der Waals surface area contributed by atoms with Gasteiger partial charge in [-0.05, 0) is 92.7 Å². The summed E-state index contributed by atoms with van der Waals surface area (Å²) in [6, 6.07) is 21.6. The molecule has 0 bridgehead atoms. The largest absolute Gasteiger partial charge is 0.490 e. The number of H-pyrrole nitrogens is 1. The van der Waals surface area contributed by atoms with Crippen molar-refractivity contribution in [1.29, 1.82) is 0 Å². The van der Waals surface area contributed by atoms with Crippen molar-refractivity contribution in [2.45, 2.75) is 50.7 Å². The number of nitrogens with zero attached hydrogens (tertiary/aromatic N) is 2. The highest BCUT2D eigenvalue weighted by Crippen LogP contribution is 2.38. The first kappa shape index (κ1) is 25.9. The molecule has 4 aromatic rings. The number of piperidine rings is 1. The second kappa shape index (κ2) is 11.4. The van der Waals surface area contributed by atoms with Gasteiger partial charge in [-0.3, -0.25) is 9.89 Å². The monoisotopic (exact) mass is 542 g/mol. The topological polar surface area (TPSA) is 70.2 Å². The number of ether oxygens (including phenoxy) is 1. The summed E-state index contributed by atoms with van der Waals surface area (Å²) in [7, 11) is 2.15. The van der Waals surface area contributed by atoms with Crippen LogP contribution in [0.4, 0.5) is 0 Å². The molecule has 1 unspecified atom stereocenters. The number of benzene rings is 3. The molecule has 2 aliphatic rings. The van der Waals surface area contributed by atoms with Gasteiger partial charge in [0.15, 0.2) is 0 Å². The van der Waals surface area contributed by atoms with E-state index in [0.29, 0.717) is 16.5 Å². The molecule has 2 heterocycles. The van der Waals surface area contributed by atoms with Crippen LogP contribution in [0, 0.1) is 5.92 Å². The third-order valence-corrected chi connectivity index (χ3v) is 8.66. The SMILES string of the molecule is CN1CCC(Oc2ccc(-c3n[nH]c4ccc(C(=O)NC(c5ccccc5Cl)C5CCCC5)cc34)cc2)CC1. The Kier molecular flexibility index (Phi) is 7.58. The number of hydrogen-bond donors (Lipinski definition) is 2. The lowest BCUT2D eigenvalue weighted by molar-refractivity contribution is 0.0922. The molecule has 3 aromatic carbocycles. The molecule has 202 valence electrons. The van der Waals surface area contributed by atoms with Gasteiger partial charge in [0, 0.05) is 34.6 Å². The predicted octanol–water partition coefficient (Wildman–Crippen LogP) is 7.02. The number of fused-ring (bicyclic) bond motifs is 1. The van der Waals surface area contributed by atoms with Gasteiger partial charge in [-0.25, -0.2) is 0 Å². The molecule has 6 rings (SSSR count). The van der Waals surface area contributed by atoms with E-state index in [0.717, 1.165) is 72.2 Å². The number of amides is 1. The zero-order valence-electron chi connectivity index (χ0n) is 22.3. The predicted molar refractivity (Wildman–Crippen MR) is 156 cm³/mol. The van der Waals surface area contributed by atoms with Gasteiger partial charge in [0.05, 0.1) is 17.3 Å². The van der Waals surface area contributed by atoms with Crippen LogP contribution >= 0.6 is 11.6 Å². The minimum atomic E-state index is -0.106. The summed E-state index contributed by atoms with van der Waals surface area (Å²) in [6.07, 6.45) is 6.92. The number of aromatic amines is 1. The van der Waals surface area contributed by atoms with E-state index < -0.39 is 0 Å². The average molecular weight is 543 g/mol. The Hall–Kier alpha value is -3.35. The van der Waals surface area contributed by atoms with Gasteiger partial charge < -0.3 is 15.0 Å². The zero-order valence-corrected chi connectivity index (χ0v) is 23.1. The summed E-state index contributed by atoms with van der Waals surface area (Å²) in [5.74, 6) is 1.17. The average Bonchev–Trinajstić information content (AvgIpc) is 3.64. The number of halogens is 1. The molecule has 39 heavy (non-hydrogen) atoms. The van der Waals surface area contributed by atoms with Crippen molar-refractivity contribution in [1.82, 2.24) is 20.4 Å². The standard InChI is InChI=1S/C32H35ClN4O2/c1-37-18-16-25(17-19-37)39-24-13-10-22(11-14-24)31-27-20-23(12-15-29(27)35-36-31)32(38)34-30(21-6-2-3-7-21)26-8-4-5-9-28(26)33/h4-5,8-15,20-21,25,30H,2-3,6-7,16-19H2,1H3,(H,34,38)(H,35,36). The number of carbonyl (C=O) groups is 1. The number of carbonyl (C=O) groups excluding carboxylic acids is 1. The maximum Gasteiger partial charge on any atom is 0.251 e. The molecule has 0 radical (unpaired) electrons. The highest BCUT2D eigenvalue weighted by atomic mass is 35.5. The molecule has 1 atom stereocenters. The third-order valence-electron chi connectivity index (χ3n) is 8.32. The summed E-state index contributed by atoms with van der Waals surface area (Å²) in [6.45, 7) is 2.13. The second-order valence-electron chi connectivity index (χ2n) is 11.0. The Morgan fingerprint density at radius 1 is 1.03 bits per heavy atom. The lowest BCUT2D eigenvalue weighted by atomic mass is 9.91. The minimum Gasteiger partial charge on any atom is -0.490 e. The first-order chi connectivity index (χ1) is 19.0. The van der Waals surface area contributed by atoms with Crippen LogP contribution in [-0.4, -0.2) is 47.2 Å². The van der Waals surface area contributed by atoms with Crippen molar-refractivity contribution in [2.24, 2.45) is 5.92 Å². The number of likely N-dealkylation sites (tertiary alicyclic amines) is 1. The molecule has 1 saturated heterocycles. The first-order valence-corrected chi connectivity index (χ1v) is 14.4. The van der Waals surface area contributed by atoms with Crippen LogP contribution in [-0.2, 0) is 0 Å². The Balaban J connectivity index is 1.22. The van der Waals surface area contributed by atoms with Crippen molar-refractivity contribution in [2.75, 3.05) is 20.1 Å². The smallest absolute Gasteiger partial charge is 0.251 e. The fourth-order valence-electron chi connectivity index (χ4n) is 6.05. The van der Waals surface area contributed by atoms with E-state index in [1.54, 1.807) is 0 Å². The Bertz CT molecular complexity index is 1440. The van der Waals surface area contributed by atoms with Crippen molar-refractivity contribution < 1.29 is 9.53 Å². The number of rotatable bonds is 7. The van der Waals surface area contributed by atoms with Gasteiger partial charge >= 0.3 is 0 Å². The van der Waals surface area contributed by atoms with Crippen molar-refractivity contribution in [3.05, 3.63) is 82.9 Å². The van der Waals surface area contributed by atoms with Gasteiger partial charge in [0.25, 0.3) is 5.91 Å². The molecule has 1 aromatic heterocycles. The van der Waals surface area contributed by atoms with Crippen LogP contribution in [0.3, 0.4) is 0 Å². The van der Waals surface area contributed by atoms with Gasteiger partial charge in [-0.1, -0.05) is 42.6 Å². The van der Waals surface area contributed by atoms with Gasteiger partial charge in [0.2, 0.25) is 0 Å². The Morgan fingerprint density at radius 3 is 2.51 bits per heavy atom. The van der Waals surface area contributed by atoms with E-state index in [9.17, 15) is 4.79 Å². The number of hydrogen-bond acceptors (Lipinski definition) is 4. The normalized spacial score (nSPS) is 17.9.